The maximum Gasteiger partial charge on any atom is 0.204 e. The van der Waals surface area contributed by atoms with E-state index < -0.39 is 0 Å². The summed E-state index contributed by atoms with van der Waals surface area (Å²) in [5.41, 5.74) is 1.31. The van der Waals surface area contributed by atoms with E-state index in [9.17, 15) is 0 Å². The number of hydrogen-bond acceptors (Lipinski definition) is 0. The van der Waals surface area contributed by atoms with Gasteiger partial charge in [-0.3, -0.25) is 0 Å². The topological polar surface area (TPSA) is 3.88 Å². The summed E-state index contributed by atoms with van der Waals surface area (Å²) in [6.45, 7) is 4.29. The summed E-state index contributed by atoms with van der Waals surface area (Å²) in [5, 5.41) is 0. The summed E-state index contributed by atoms with van der Waals surface area (Å²) in [7, 11) is 0. The van der Waals surface area contributed by atoms with Crippen molar-refractivity contribution in [2.24, 2.45) is 0 Å². The lowest BCUT2D eigenvalue weighted by Crippen LogP contribution is -2.36. The molecule has 0 radical (unpaired) electrons. The smallest absolute Gasteiger partial charge is 0.191 e. The molecule has 0 aliphatic heterocycles. The van der Waals surface area contributed by atoms with Crippen LogP contribution >= 0.6 is 22.6 Å². The van der Waals surface area contributed by atoms with E-state index >= 15 is 0 Å². The average Bonchev–Trinajstić information content (AvgIpc) is 1.88. The zero-order valence-electron chi connectivity index (χ0n) is 6.21. The van der Waals surface area contributed by atoms with Crippen LogP contribution in [0.5, 0.6) is 0 Å². The Morgan fingerprint density at radius 1 is 1.50 bits per heavy atom. The molecule has 0 N–H and O–H groups in total. The zero-order chi connectivity index (χ0) is 7.56. The van der Waals surface area contributed by atoms with Gasteiger partial charge in [0.1, 0.15) is 0 Å². The summed E-state index contributed by atoms with van der Waals surface area (Å²) < 4.78 is 2.78. The van der Waals surface area contributed by atoms with Crippen LogP contribution in [0.2, 0.25) is 0 Å². The number of nitrogens with zero attached hydrogens (tertiary/aromatic N) is 1. The van der Waals surface area contributed by atoms with Crippen LogP contribution in [-0.2, 0) is 0 Å². The van der Waals surface area contributed by atoms with E-state index in [2.05, 4.69) is 65.4 Å². The van der Waals surface area contributed by atoms with Gasteiger partial charge in [-0.15, -0.1) is 0 Å². The van der Waals surface area contributed by atoms with E-state index in [1.165, 1.54) is 5.69 Å². The monoisotopic (exact) mass is 248 g/mol. The van der Waals surface area contributed by atoms with Crippen molar-refractivity contribution >= 4 is 22.6 Å². The average molecular weight is 248 g/mol. The van der Waals surface area contributed by atoms with Crippen molar-refractivity contribution in [1.29, 1.82) is 0 Å². The first-order valence-corrected chi connectivity index (χ1v) is 4.57. The fourth-order valence-electron chi connectivity index (χ4n) is 0.940. The number of pyridine rings is 1. The van der Waals surface area contributed by atoms with Crippen molar-refractivity contribution in [2.45, 2.75) is 17.9 Å². The highest BCUT2D eigenvalue weighted by atomic mass is 127. The predicted molar refractivity (Wildman–Crippen MR) is 50.1 cm³/mol. The highest BCUT2D eigenvalue weighted by Crippen LogP contribution is 2.05. The number of aryl methyl sites for hydroxylation is 1. The molecular formula is C8H11IN+. The van der Waals surface area contributed by atoms with Gasteiger partial charge < -0.3 is 0 Å². The van der Waals surface area contributed by atoms with E-state index in [0.29, 0.717) is 4.05 Å². The van der Waals surface area contributed by atoms with Crippen molar-refractivity contribution in [3.8, 4) is 0 Å². The molecule has 54 valence electrons. The minimum atomic E-state index is 0.541. The van der Waals surface area contributed by atoms with E-state index in [-0.39, 0.29) is 0 Å². The Morgan fingerprint density at radius 2 is 2.20 bits per heavy atom. The molecule has 0 bridgehead atoms. The minimum Gasteiger partial charge on any atom is -0.191 e. The number of aromatic nitrogens is 1. The number of rotatable bonds is 1. The van der Waals surface area contributed by atoms with Crippen LogP contribution in [0.15, 0.2) is 24.4 Å². The molecule has 0 aliphatic carbocycles. The molecular weight excluding hydrogens is 237 g/mol. The van der Waals surface area contributed by atoms with Crippen molar-refractivity contribution in [3.05, 3.63) is 30.1 Å². The standard InChI is InChI=1S/C8H11IN/c1-7-5-3-4-6-10(7)8(2)9/h3-6,8H,1-2H3/q+1. The quantitative estimate of drug-likeness (QED) is 0.407. The lowest BCUT2D eigenvalue weighted by molar-refractivity contribution is -0.696. The molecule has 1 nitrogen and oxygen atoms in total. The van der Waals surface area contributed by atoms with Gasteiger partial charge in [-0.05, 0) is 22.6 Å². The maximum atomic E-state index is 2.40. The molecule has 0 spiro atoms. The van der Waals surface area contributed by atoms with Crippen LogP contribution in [0, 0.1) is 6.92 Å². The molecule has 1 unspecified atom stereocenters. The van der Waals surface area contributed by atoms with Crippen LogP contribution in [0.1, 0.15) is 16.7 Å². The maximum absolute atomic E-state index is 2.40. The highest BCUT2D eigenvalue weighted by molar-refractivity contribution is 14.1. The van der Waals surface area contributed by atoms with Gasteiger partial charge >= 0.3 is 0 Å². The summed E-state index contributed by atoms with van der Waals surface area (Å²) in [5.74, 6) is 0. The first kappa shape index (κ1) is 7.98. The third kappa shape index (κ3) is 1.68. The second kappa shape index (κ2) is 3.32. The Kier molecular flexibility index (Phi) is 2.65. The summed E-state index contributed by atoms with van der Waals surface area (Å²) in [6, 6.07) is 6.24. The Morgan fingerprint density at radius 3 is 2.60 bits per heavy atom. The molecule has 0 aromatic carbocycles. The lowest BCUT2D eigenvalue weighted by Gasteiger charge is -1.99. The van der Waals surface area contributed by atoms with Crippen LogP contribution < -0.4 is 4.57 Å². The number of hydrogen-bond donors (Lipinski definition) is 0. The molecule has 1 rings (SSSR count). The predicted octanol–water partition coefficient (Wildman–Crippen LogP) is 2.24. The van der Waals surface area contributed by atoms with Gasteiger partial charge in [0.2, 0.25) is 4.05 Å². The van der Waals surface area contributed by atoms with Gasteiger partial charge in [0.05, 0.1) is 0 Å². The third-order valence-electron chi connectivity index (χ3n) is 1.49. The molecule has 10 heavy (non-hydrogen) atoms. The summed E-state index contributed by atoms with van der Waals surface area (Å²) >= 11 is 2.40. The molecule has 0 fully saturated rings. The van der Waals surface area contributed by atoms with Crippen LogP contribution in [0.25, 0.3) is 0 Å². The van der Waals surface area contributed by atoms with Gasteiger partial charge in [0.25, 0.3) is 0 Å². The highest BCUT2D eigenvalue weighted by Gasteiger charge is 2.08. The van der Waals surface area contributed by atoms with Crippen LogP contribution in [0.3, 0.4) is 0 Å². The molecule has 0 amide bonds. The van der Waals surface area contributed by atoms with Crippen molar-refractivity contribution < 1.29 is 4.57 Å². The number of alkyl halides is 1. The van der Waals surface area contributed by atoms with Crippen molar-refractivity contribution in [1.82, 2.24) is 0 Å². The molecule has 1 heterocycles. The Balaban J connectivity index is 3.03. The Bertz CT molecular complexity index is 220. The molecule has 0 saturated carbocycles. The third-order valence-corrected chi connectivity index (χ3v) is 2.09. The normalized spacial score (nSPS) is 13.1. The van der Waals surface area contributed by atoms with Gasteiger partial charge in [-0.2, -0.15) is 4.57 Å². The summed E-state index contributed by atoms with van der Waals surface area (Å²) in [4.78, 5) is 0. The second-order valence-electron chi connectivity index (χ2n) is 2.32. The molecule has 2 heteroatoms. The van der Waals surface area contributed by atoms with Gasteiger partial charge in [-0.1, -0.05) is 6.07 Å². The molecule has 0 saturated heterocycles. The largest absolute Gasteiger partial charge is 0.204 e. The van der Waals surface area contributed by atoms with E-state index in [1.807, 2.05) is 0 Å². The Hall–Kier alpha value is -0.120. The van der Waals surface area contributed by atoms with Crippen molar-refractivity contribution in [3.63, 3.8) is 0 Å². The van der Waals surface area contributed by atoms with Crippen molar-refractivity contribution in [2.75, 3.05) is 0 Å². The van der Waals surface area contributed by atoms with Crippen LogP contribution in [0.4, 0.5) is 0 Å². The second-order valence-corrected chi connectivity index (χ2v) is 4.13. The van der Waals surface area contributed by atoms with E-state index in [4.69, 9.17) is 0 Å². The summed E-state index contributed by atoms with van der Waals surface area (Å²) in [6.07, 6.45) is 2.10. The fraction of sp³-hybridized carbons (Fsp3) is 0.375. The number of halogens is 1. The first-order valence-electron chi connectivity index (χ1n) is 3.32. The molecule has 0 aliphatic rings. The van der Waals surface area contributed by atoms with Gasteiger partial charge in [-0.25, -0.2) is 0 Å². The van der Waals surface area contributed by atoms with E-state index in [0.717, 1.165) is 0 Å². The Labute approximate surface area is 75.2 Å². The SMILES string of the molecule is Cc1cccc[n+]1C(C)I. The lowest BCUT2D eigenvalue weighted by atomic mass is 10.3. The first-order chi connectivity index (χ1) is 4.72. The molecule has 1 atom stereocenters. The molecule has 1 aromatic heterocycles. The zero-order valence-corrected chi connectivity index (χ0v) is 8.37. The van der Waals surface area contributed by atoms with Crippen LogP contribution in [-0.4, -0.2) is 0 Å². The molecule has 1 aromatic rings. The minimum absolute atomic E-state index is 0.541. The van der Waals surface area contributed by atoms with E-state index in [1.54, 1.807) is 0 Å². The van der Waals surface area contributed by atoms with Gasteiger partial charge in [0.15, 0.2) is 11.9 Å². The fourth-order valence-corrected chi connectivity index (χ4v) is 1.57. The van der Waals surface area contributed by atoms with Gasteiger partial charge in [0, 0.05) is 26.0 Å².